The smallest absolute Gasteiger partial charge is 0.250 e. The lowest BCUT2D eigenvalue weighted by atomic mass is 9.64. The van der Waals surface area contributed by atoms with E-state index in [0.29, 0.717) is 11.7 Å². The fourth-order valence-electron chi connectivity index (χ4n) is 2.70. The van der Waals surface area contributed by atoms with E-state index in [1.807, 2.05) is 25.1 Å². The minimum atomic E-state index is -0.511. The fraction of sp³-hybridized carbons (Fsp3) is 0.562. The first-order valence-corrected chi connectivity index (χ1v) is 7.36. The molecule has 1 aliphatic rings. The Hall–Kier alpha value is -1.59. The molecular formula is C16H24N2O3. The highest BCUT2D eigenvalue weighted by Gasteiger charge is 2.48. The summed E-state index contributed by atoms with van der Waals surface area (Å²) in [6.07, 6.45) is 1.27. The highest BCUT2D eigenvalue weighted by atomic mass is 16.5. The van der Waals surface area contributed by atoms with Gasteiger partial charge in [0.1, 0.15) is 6.61 Å². The van der Waals surface area contributed by atoms with Crippen LogP contribution in [-0.2, 0) is 9.53 Å². The van der Waals surface area contributed by atoms with Crippen molar-refractivity contribution in [3.8, 4) is 0 Å². The molecule has 0 spiro atoms. The van der Waals surface area contributed by atoms with Gasteiger partial charge in [-0.05, 0) is 31.5 Å². The van der Waals surface area contributed by atoms with E-state index in [2.05, 4.69) is 24.5 Å². The second-order valence-corrected chi connectivity index (χ2v) is 5.99. The van der Waals surface area contributed by atoms with E-state index in [1.54, 1.807) is 6.07 Å². The molecule has 1 saturated carbocycles. The summed E-state index contributed by atoms with van der Waals surface area (Å²) in [7, 11) is 0. The topological polar surface area (TPSA) is 70.6 Å². The number of benzene rings is 1. The van der Waals surface area contributed by atoms with Gasteiger partial charge in [0.2, 0.25) is 5.91 Å². The molecule has 2 atom stereocenters. The molecule has 2 rings (SSSR count). The maximum Gasteiger partial charge on any atom is 0.250 e. The third-order valence-electron chi connectivity index (χ3n) is 4.18. The summed E-state index contributed by atoms with van der Waals surface area (Å²) in [6.45, 7) is 6.65. The number of hydrogen-bond donors (Lipinski definition) is 3. The Labute approximate surface area is 125 Å². The lowest BCUT2D eigenvalue weighted by molar-refractivity contribution is -0.118. The summed E-state index contributed by atoms with van der Waals surface area (Å²) in [5, 5.41) is 14.9. The van der Waals surface area contributed by atoms with Crippen molar-refractivity contribution in [2.75, 3.05) is 23.8 Å². The molecule has 0 radical (unpaired) electrons. The summed E-state index contributed by atoms with van der Waals surface area (Å²) in [5.74, 6) is -0.410. The zero-order valence-corrected chi connectivity index (χ0v) is 12.8. The summed E-state index contributed by atoms with van der Waals surface area (Å²) in [5.41, 5.74) is 1.72. The summed E-state index contributed by atoms with van der Waals surface area (Å²) < 4.78 is 5.73. The first kappa shape index (κ1) is 15.8. The van der Waals surface area contributed by atoms with E-state index in [-0.39, 0.29) is 11.5 Å². The van der Waals surface area contributed by atoms with Crippen LogP contribution in [-0.4, -0.2) is 36.4 Å². The number of aliphatic hydroxyl groups excluding tert-OH is 1. The normalized spacial score (nSPS) is 23.2. The molecule has 5 nitrogen and oxygen atoms in total. The van der Waals surface area contributed by atoms with Gasteiger partial charge in [-0.15, -0.1) is 0 Å². The van der Waals surface area contributed by atoms with Crippen molar-refractivity contribution in [1.82, 2.24) is 0 Å². The van der Waals surface area contributed by atoms with Crippen molar-refractivity contribution in [1.29, 1.82) is 0 Å². The minimum absolute atomic E-state index is 0.0837. The zero-order chi connectivity index (χ0) is 15.5. The summed E-state index contributed by atoms with van der Waals surface area (Å²) >= 11 is 0. The van der Waals surface area contributed by atoms with Crippen molar-refractivity contribution in [3.05, 3.63) is 24.3 Å². The standard InChI is InChI=1S/C16H24N2O3/c1-4-21-14-9-13(16(14,2)3)17-11-6-5-7-12(8-11)18-15(20)10-19/h5-8,13-14,17,19H,4,9-10H2,1-3H3,(H,18,20). The Balaban J connectivity index is 1.98. The molecule has 0 bridgehead atoms. The zero-order valence-electron chi connectivity index (χ0n) is 12.8. The molecule has 5 heteroatoms. The predicted octanol–water partition coefficient (Wildman–Crippen LogP) is 2.23. The van der Waals surface area contributed by atoms with Gasteiger partial charge in [-0.25, -0.2) is 0 Å². The van der Waals surface area contributed by atoms with E-state index < -0.39 is 12.5 Å². The summed E-state index contributed by atoms with van der Waals surface area (Å²) in [4.78, 5) is 11.2. The van der Waals surface area contributed by atoms with Gasteiger partial charge in [0.25, 0.3) is 0 Å². The Morgan fingerprint density at radius 2 is 2.14 bits per heavy atom. The second-order valence-electron chi connectivity index (χ2n) is 5.99. The molecular weight excluding hydrogens is 268 g/mol. The number of amides is 1. The van der Waals surface area contributed by atoms with Gasteiger partial charge in [-0.3, -0.25) is 4.79 Å². The van der Waals surface area contributed by atoms with Gasteiger partial charge >= 0.3 is 0 Å². The van der Waals surface area contributed by atoms with E-state index >= 15 is 0 Å². The van der Waals surface area contributed by atoms with Crippen LogP contribution < -0.4 is 10.6 Å². The van der Waals surface area contributed by atoms with Gasteiger partial charge in [0.05, 0.1) is 6.10 Å². The molecule has 116 valence electrons. The first-order chi connectivity index (χ1) is 9.97. The number of carbonyl (C=O) groups is 1. The molecule has 3 N–H and O–H groups in total. The van der Waals surface area contributed by atoms with E-state index in [9.17, 15) is 4.79 Å². The third-order valence-corrected chi connectivity index (χ3v) is 4.18. The van der Waals surface area contributed by atoms with Crippen molar-refractivity contribution in [3.63, 3.8) is 0 Å². The maximum absolute atomic E-state index is 11.2. The molecule has 2 unspecified atom stereocenters. The van der Waals surface area contributed by atoms with E-state index in [0.717, 1.165) is 18.7 Å². The first-order valence-electron chi connectivity index (χ1n) is 7.36. The number of hydrogen-bond acceptors (Lipinski definition) is 4. The van der Waals surface area contributed by atoms with Crippen LogP contribution in [0.2, 0.25) is 0 Å². The van der Waals surface area contributed by atoms with Crippen molar-refractivity contribution in [2.24, 2.45) is 5.41 Å². The lowest BCUT2D eigenvalue weighted by Gasteiger charge is -2.52. The molecule has 1 amide bonds. The van der Waals surface area contributed by atoms with E-state index in [4.69, 9.17) is 9.84 Å². The number of rotatable bonds is 6. The molecule has 0 aromatic heterocycles. The Morgan fingerprint density at radius 3 is 2.76 bits per heavy atom. The van der Waals surface area contributed by atoms with Crippen LogP contribution in [0.3, 0.4) is 0 Å². The monoisotopic (exact) mass is 292 g/mol. The van der Waals surface area contributed by atoms with Crippen LogP contribution in [0.1, 0.15) is 27.2 Å². The van der Waals surface area contributed by atoms with Crippen LogP contribution in [0.4, 0.5) is 11.4 Å². The molecule has 0 saturated heterocycles. The lowest BCUT2D eigenvalue weighted by Crippen LogP contribution is -2.58. The van der Waals surface area contributed by atoms with Gasteiger partial charge in [0, 0.05) is 29.4 Å². The van der Waals surface area contributed by atoms with Gasteiger partial charge in [-0.2, -0.15) is 0 Å². The second kappa shape index (κ2) is 6.45. The van der Waals surface area contributed by atoms with Gasteiger partial charge < -0.3 is 20.5 Å². The molecule has 1 fully saturated rings. The number of ether oxygens (including phenoxy) is 1. The SMILES string of the molecule is CCOC1CC(Nc2cccc(NC(=O)CO)c2)C1(C)C. The minimum Gasteiger partial charge on any atom is -0.387 e. The van der Waals surface area contributed by atoms with Crippen molar-refractivity contribution in [2.45, 2.75) is 39.3 Å². The average molecular weight is 292 g/mol. The Kier molecular flexibility index (Phi) is 4.85. The predicted molar refractivity (Wildman–Crippen MR) is 83.4 cm³/mol. The van der Waals surface area contributed by atoms with Gasteiger partial charge in [-0.1, -0.05) is 19.9 Å². The molecule has 1 aromatic carbocycles. The summed E-state index contributed by atoms with van der Waals surface area (Å²) in [6, 6.07) is 7.86. The number of carbonyl (C=O) groups excluding carboxylic acids is 1. The third kappa shape index (κ3) is 3.54. The van der Waals surface area contributed by atoms with E-state index in [1.165, 1.54) is 0 Å². The van der Waals surface area contributed by atoms with Crippen LogP contribution in [0.25, 0.3) is 0 Å². The molecule has 21 heavy (non-hydrogen) atoms. The quantitative estimate of drug-likeness (QED) is 0.752. The van der Waals surface area contributed by atoms with Gasteiger partial charge in [0.15, 0.2) is 0 Å². The fourth-order valence-corrected chi connectivity index (χ4v) is 2.70. The highest BCUT2D eigenvalue weighted by Crippen LogP contribution is 2.44. The maximum atomic E-state index is 11.2. The van der Waals surface area contributed by atoms with Crippen LogP contribution in [0, 0.1) is 5.41 Å². The molecule has 0 aliphatic heterocycles. The average Bonchev–Trinajstić information content (AvgIpc) is 2.46. The van der Waals surface area contributed by atoms with Crippen LogP contribution in [0.15, 0.2) is 24.3 Å². The number of aliphatic hydroxyl groups is 1. The van der Waals surface area contributed by atoms with Crippen LogP contribution >= 0.6 is 0 Å². The van der Waals surface area contributed by atoms with Crippen LogP contribution in [0.5, 0.6) is 0 Å². The molecule has 0 heterocycles. The largest absolute Gasteiger partial charge is 0.387 e. The Bertz CT molecular complexity index is 502. The van der Waals surface area contributed by atoms with Crippen molar-refractivity contribution < 1.29 is 14.6 Å². The Morgan fingerprint density at radius 1 is 1.43 bits per heavy atom. The number of nitrogens with one attached hydrogen (secondary N) is 2. The number of anilines is 2. The van der Waals surface area contributed by atoms with Crippen molar-refractivity contribution >= 4 is 17.3 Å². The highest BCUT2D eigenvalue weighted by molar-refractivity contribution is 5.91. The molecule has 1 aromatic rings. The molecule has 1 aliphatic carbocycles.